The quantitative estimate of drug-likeness (QED) is 0.422. The highest BCUT2D eigenvalue weighted by Gasteiger charge is 2.23. The molecule has 0 saturated carbocycles. The summed E-state index contributed by atoms with van der Waals surface area (Å²) in [5.74, 6) is 0. The normalized spacial score (nSPS) is 22.0. The van der Waals surface area contributed by atoms with Crippen LogP contribution >= 0.6 is 0 Å². The molecule has 1 heterocycles. The average Bonchev–Trinajstić information content (AvgIpc) is 2.96. The lowest BCUT2D eigenvalue weighted by Gasteiger charge is -2.11. The summed E-state index contributed by atoms with van der Waals surface area (Å²) >= 11 is 0. The molecule has 1 saturated heterocycles. The van der Waals surface area contributed by atoms with Crippen molar-refractivity contribution in [2.24, 2.45) is 0 Å². The van der Waals surface area contributed by atoms with E-state index in [1.165, 1.54) is 83.5 Å². The van der Waals surface area contributed by atoms with Gasteiger partial charge in [-0.05, 0) is 19.3 Å². The fourth-order valence-electron chi connectivity index (χ4n) is 3.34. The van der Waals surface area contributed by atoms with Gasteiger partial charge in [0.25, 0.3) is 0 Å². The Bertz CT molecular complexity index is 218. The van der Waals surface area contributed by atoms with Crippen LogP contribution in [0.25, 0.3) is 0 Å². The van der Waals surface area contributed by atoms with E-state index < -0.39 is 0 Å². The number of rotatable bonds is 14. The molecule has 1 N–H and O–H groups in total. The third kappa shape index (κ3) is 10.3. The molecule has 0 spiro atoms. The zero-order chi connectivity index (χ0) is 15.2. The summed E-state index contributed by atoms with van der Waals surface area (Å²) in [5.41, 5.74) is 0. The van der Waals surface area contributed by atoms with Gasteiger partial charge >= 0.3 is 0 Å². The monoisotopic (exact) mass is 298 g/mol. The zero-order valence-corrected chi connectivity index (χ0v) is 14.3. The van der Waals surface area contributed by atoms with E-state index in [9.17, 15) is 0 Å². The summed E-state index contributed by atoms with van der Waals surface area (Å²) in [6.07, 6.45) is 20.9. The molecule has 126 valence electrons. The highest BCUT2D eigenvalue weighted by molar-refractivity contribution is 4.72. The second kappa shape index (κ2) is 13.6. The van der Waals surface area contributed by atoms with Gasteiger partial charge in [-0.2, -0.15) is 0 Å². The van der Waals surface area contributed by atoms with E-state index in [4.69, 9.17) is 9.84 Å². The van der Waals surface area contributed by atoms with Crippen molar-refractivity contribution in [2.75, 3.05) is 6.61 Å². The molecular formula is C19H38O2. The average molecular weight is 299 g/mol. The van der Waals surface area contributed by atoms with Crippen LogP contribution < -0.4 is 0 Å². The van der Waals surface area contributed by atoms with Gasteiger partial charge in [0.15, 0.2) is 0 Å². The topological polar surface area (TPSA) is 29.5 Å². The highest BCUT2D eigenvalue weighted by Crippen LogP contribution is 2.23. The van der Waals surface area contributed by atoms with Crippen LogP contribution in [0.4, 0.5) is 0 Å². The Balaban J connectivity index is 1.73. The number of aliphatic hydroxyl groups is 1. The molecule has 0 bridgehead atoms. The summed E-state index contributed by atoms with van der Waals surface area (Å²) in [6.45, 7) is 2.48. The summed E-state index contributed by atoms with van der Waals surface area (Å²) in [5, 5.41) is 9.03. The Morgan fingerprint density at radius 1 is 0.714 bits per heavy atom. The number of aliphatic hydroxyl groups excluding tert-OH is 1. The Kier molecular flexibility index (Phi) is 12.3. The third-order valence-corrected chi connectivity index (χ3v) is 4.78. The predicted octanol–water partition coefficient (Wildman–Crippen LogP) is 5.62. The van der Waals surface area contributed by atoms with Gasteiger partial charge in [-0.15, -0.1) is 0 Å². The summed E-state index contributed by atoms with van der Waals surface area (Å²) in [6, 6.07) is 0. The van der Waals surface area contributed by atoms with Crippen LogP contribution in [-0.2, 0) is 4.74 Å². The second-order valence-corrected chi connectivity index (χ2v) is 6.82. The van der Waals surface area contributed by atoms with Gasteiger partial charge in [0.1, 0.15) is 0 Å². The maximum Gasteiger partial charge on any atom is 0.0810 e. The van der Waals surface area contributed by atoms with Gasteiger partial charge in [-0.25, -0.2) is 0 Å². The van der Waals surface area contributed by atoms with Crippen LogP contribution in [0.2, 0.25) is 0 Å². The molecule has 1 aliphatic rings. The van der Waals surface area contributed by atoms with Gasteiger partial charge in [0.05, 0.1) is 18.8 Å². The molecule has 2 nitrogen and oxygen atoms in total. The Labute approximate surface area is 132 Å². The van der Waals surface area contributed by atoms with Gasteiger partial charge in [-0.3, -0.25) is 0 Å². The molecule has 21 heavy (non-hydrogen) atoms. The van der Waals surface area contributed by atoms with Crippen LogP contribution in [0.3, 0.4) is 0 Å². The van der Waals surface area contributed by atoms with Crippen molar-refractivity contribution in [1.82, 2.24) is 0 Å². The maximum atomic E-state index is 9.03. The van der Waals surface area contributed by atoms with Crippen molar-refractivity contribution in [1.29, 1.82) is 0 Å². The van der Waals surface area contributed by atoms with E-state index in [0.717, 1.165) is 12.8 Å². The molecule has 2 atom stereocenters. The fourth-order valence-corrected chi connectivity index (χ4v) is 3.34. The van der Waals surface area contributed by atoms with Gasteiger partial charge < -0.3 is 9.84 Å². The molecule has 1 rings (SSSR count). The summed E-state index contributed by atoms with van der Waals surface area (Å²) in [7, 11) is 0. The Morgan fingerprint density at radius 3 is 1.67 bits per heavy atom. The minimum atomic E-state index is 0.132. The van der Waals surface area contributed by atoms with Crippen molar-refractivity contribution >= 4 is 0 Å². The van der Waals surface area contributed by atoms with E-state index >= 15 is 0 Å². The van der Waals surface area contributed by atoms with Gasteiger partial charge in [0.2, 0.25) is 0 Å². The lowest BCUT2D eigenvalue weighted by molar-refractivity contribution is 0.00758. The van der Waals surface area contributed by atoms with Crippen molar-refractivity contribution in [3.63, 3.8) is 0 Å². The highest BCUT2D eigenvalue weighted by atomic mass is 16.5. The molecule has 0 aliphatic carbocycles. The maximum absolute atomic E-state index is 9.03. The molecule has 0 amide bonds. The van der Waals surface area contributed by atoms with Crippen molar-refractivity contribution in [3.05, 3.63) is 0 Å². The van der Waals surface area contributed by atoms with Gasteiger partial charge in [-0.1, -0.05) is 84.0 Å². The predicted molar refractivity (Wildman–Crippen MR) is 90.7 cm³/mol. The first-order valence-corrected chi connectivity index (χ1v) is 9.63. The van der Waals surface area contributed by atoms with E-state index in [0.29, 0.717) is 6.10 Å². The molecule has 2 unspecified atom stereocenters. The van der Waals surface area contributed by atoms with E-state index in [-0.39, 0.29) is 12.7 Å². The molecule has 0 aromatic rings. The SMILES string of the molecule is CCCCCCCCCCCCCCC1CCC(CO)O1. The third-order valence-electron chi connectivity index (χ3n) is 4.78. The smallest absolute Gasteiger partial charge is 0.0810 e. The van der Waals surface area contributed by atoms with Crippen LogP contribution in [0.5, 0.6) is 0 Å². The first kappa shape index (κ1) is 19.0. The van der Waals surface area contributed by atoms with E-state index in [1.807, 2.05) is 0 Å². The van der Waals surface area contributed by atoms with E-state index in [2.05, 4.69) is 6.92 Å². The summed E-state index contributed by atoms with van der Waals surface area (Å²) in [4.78, 5) is 0. The molecule has 2 heteroatoms. The molecule has 0 aromatic carbocycles. The molecular weight excluding hydrogens is 260 g/mol. The van der Waals surface area contributed by atoms with Crippen molar-refractivity contribution < 1.29 is 9.84 Å². The second-order valence-electron chi connectivity index (χ2n) is 6.82. The van der Waals surface area contributed by atoms with Crippen LogP contribution in [0, 0.1) is 0 Å². The number of unbranched alkanes of at least 4 members (excludes halogenated alkanes) is 11. The van der Waals surface area contributed by atoms with Crippen LogP contribution in [0.15, 0.2) is 0 Å². The minimum absolute atomic E-state index is 0.132. The molecule has 0 radical (unpaired) electrons. The number of hydrogen-bond acceptors (Lipinski definition) is 2. The van der Waals surface area contributed by atoms with Crippen LogP contribution in [0.1, 0.15) is 103 Å². The fraction of sp³-hybridized carbons (Fsp3) is 1.00. The first-order chi connectivity index (χ1) is 10.4. The minimum Gasteiger partial charge on any atom is -0.394 e. The van der Waals surface area contributed by atoms with Gasteiger partial charge in [0, 0.05) is 0 Å². The lowest BCUT2D eigenvalue weighted by atomic mass is 10.0. The molecule has 1 aliphatic heterocycles. The molecule has 0 aromatic heterocycles. The zero-order valence-electron chi connectivity index (χ0n) is 14.3. The summed E-state index contributed by atoms with van der Waals surface area (Å²) < 4.78 is 5.76. The first-order valence-electron chi connectivity index (χ1n) is 9.63. The number of hydrogen-bond donors (Lipinski definition) is 1. The molecule has 1 fully saturated rings. The number of ether oxygens (including phenoxy) is 1. The Hall–Kier alpha value is -0.0800. The largest absolute Gasteiger partial charge is 0.394 e. The van der Waals surface area contributed by atoms with Crippen molar-refractivity contribution in [2.45, 2.75) is 115 Å². The Morgan fingerprint density at radius 2 is 1.19 bits per heavy atom. The standard InChI is InChI=1S/C19H38O2/c1-2-3-4-5-6-7-8-9-10-11-12-13-14-18-15-16-19(17-20)21-18/h18-20H,2-17H2,1H3. The van der Waals surface area contributed by atoms with Crippen LogP contribution in [-0.4, -0.2) is 23.9 Å². The van der Waals surface area contributed by atoms with E-state index in [1.54, 1.807) is 0 Å². The van der Waals surface area contributed by atoms with Crippen molar-refractivity contribution in [3.8, 4) is 0 Å². The lowest BCUT2D eigenvalue weighted by Crippen LogP contribution is -2.14.